The van der Waals surface area contributed by atoms with E-state index in [9.17, 15) is 4.79 Å². The van der Waals surface area contributed by atoms with E-state index < -0.39 is 0 Å². The summed E-state index contributed by atoms with van der Waals surface area (Å²) in [5.74, 6) is 1.97. The molecule has 0 spiro atoms. The average molecular weight is 195 g/mol. The molecule has 1 rings (SSSR count). The first kappa shape index (κ1) is 9.56. The van der Waals surface area contributed by atoms with Crippen LogP contribution in [0.5, 0.6) is 0 Å². The van der Waals surface area contributed by atoms with Crippen LogP contribution in [0.25, 0.3) is 0 Å². The molecule has 3 nitrogen and oxygen atoms in total. The summed E-state index contributed by atoms with van der Waals surface area (Å²) in [5, 5.41) is 2.98. The Balaban J connectivity index is 2.70. The number of anilines is 1. The van der Waals surface area contributed by atoms with Crippen LogP contribution in [0, 0.1) is 12.3 Å². The molecule has 0 fully saturated rings. The lowest BCUT2D eigenvalue weighted by Crippen LogP contribution is -2.10. The number of amides is 1. The van der Waals surface area contributed by atoms with Gasteiger partial charge < -0.3 is 5.32 Å². The Kier molecular flexibility index (Phi) is 3.30. The Morgan fingerprint density at radius 3 is 3.15 bits per heavy atom. The normalized spacial score (nSPS) is 8.92. The van der Waals surface area contributed by atoms with Crippen LogP contribution in [-0.2, 0) is 4.79 Å². The molecule has 1 heterocycles. The largest absolute Gasteiger partial charge is 0.323 e. The van der Waals surface area contributed by atoms with Crippen LogP contribution in [0.15, 0.2) is 18.5 Å². The smallest absolute Gasteiger partial charge is 0.236 e. The average Bonchev–Trinajstić information content (AvgIpc) is 2.09. The van der Waals surface area contributed by atoms with Crippen molar-refractivity contribution < 1.29 is 4.79 Å². The molecule has 0 unspecified atom stereocenters. The summed E-state index contributed by atoms with van der Waals surface area (Å²) < 4.78 is 0. The van der Waals surface area contributed by atoms with E-state index in [0.29, 0.717) is 10.7 Å². The molecule has 0 saturated heterocycles. The minimum Gasteiger partial charge on any atom is -0.323 e. The highest BCUT2D eigenvalue weighted by Crippen LogP contribution is 2.18. The standard InChI is InChI=1S/C9H7ClN2O/c1-2-3-9(13)12-8-6-11-5-4-7(8)10/h1,4-6H,3H2,(H,12,13). The van der Waals surface area contributed by atoms with Crippen LogP contribution < -0.4 is 5.32 Å². The first-order valence-electron chi connectivity index (χ1n) is 3.57. The monoisotopic (exact) mass is 194 g/mol. The van der Waals surface area contributed by atoms with Crippen LogP contribution in [0.2, 0.25) is 5.02 Å². The number of carbonyl (C=O) groups excluding carboxylic acids is 1. The number of carbonyl (C=O) groups is 1. The van der Waals surface area contributed by atoms with Gasteiger partial charge in [-0.15, -0.1) is 6.42 Å². The minimum atomic E-state index is -0.266. The van der Waals surface area contributed by atoms with E-state index in [4.69, 9.17) is 18.0 Å². The number of halogens is 1. The molecule has 0 aliphatic rings. The Labute approximate surface area is 81.1 Å². The second kappa shape index (κ2) is 4.48. The van der Waals surface area contributed by atoms with Gasteiger partial charge in [-0.25, -0.2) is 0 Å². The summed E-state index contributed by atoms with van der Waals surface area (Å²) in [7, 11) is 0. The number of hydrogen-bond acceptors (Lipinski definition) is 2. The lowest BCUT2D eigenvalue weighted by molar-refractivity contribution is -0.115. The van der Waals surface area contributed by atoms with Gasteiger partial charge in [-0.1, -0.05) is 17.5 Å². The van der Waals surface area contributed by atoms with Gasteiger partial charge in [0.05, 0.1) is 23.3 Å². The van der Waals surface area contributed by atoms with Crippen LogP contribution in [0.4, 0.5) is 5.69 Å². The van der Waals surface area contributed by atoms with Crippen molar-refractivity contribution in [2.45, 2.75) is 6.42 Å². The van der Waals surface area contributed by atoms with Crippen LogP contribution in [-0.4, -0.2) is 10.9 Å². The van der Waals surface area contributed by atoms with E-state index in [1.807, 2.05) is 0 Å². The van der Waals surface area contributed by atoms with Crippen molar-refractivity contribution in [3.63, 3.8) is 0 Å². The number of hydrogen-bond donors (Lipinski definition) is 1. The minimum absolute atomic E-state index is 0.0330. The second-order valence-corrected chi connectivity index (χ2v) is 2.69. The lowest BCUT2D eigenvalue weighted by atomic mass is 10.3. The molecule has 0 atom stereocenters. The SMILES string of the molecule is C#CCC(=O)Nc1cnccc1Cl. The molecule has 1 aromatic heterocycles. The van der Waals surface area contributed by atoms with Crippen molar-refractivity contribution >= 4 is 23.2 Å². The van der Waals surface area contributed by atoms with E-state index >= 15 is 0 Å². The molecule has 4 heteroatoms. The molecule has 66 valence electrons. The first-order chi connectivity index (χ1) is 6.24. The maximum absolute atomic E-state index is 11.0. The van der Waals surface area contributed by atoms with Crippen molar-refractivity contribution in [3.05, 3.63) is 23.5 Å². The zero-order chi connectivity index (χ0) is 9.68. The maximum atomic E-state index is 11.0. The Morgan fingerprint density at radius 1 is 1.77 bits per heavy atom. The van der Waals surface area contributed by atoms with Gasteiger partial charge in [0.2, 0.25) is 5.91 Å². The third-order valence-electron chi connectivity index (χ3n) is 1.30. The van der Waals surface area contributed by atoms with Crippen molar-refractivity contribution in [1.82, 2.24) is 4.98 Å². The predicted molar refractivity (Wildman–Crippen MR) is 51.3 cm³/mol. The van der Waals surface area contributed by atoms with Gasteiger partial charge in [0.15, 0.2) is 0 Å². The molecule has 1 N–H and O–H groups in total. The lowest BCUT2D eigenvalue weighted by Gasteiger charge is -2.03. The molecule has 0 saturated carbocycles. The highest BCUT2D eigenvalue weighted by atomic mass is 35.5. The van der Waals surface area contributed by atoms with Gasteiger partial charge in [-0.3, -0.25) is 9.78 Å². The van der Waals surface area contributed by atoms with Gasteiger partial charge >= 0.3 is 0 Å². The fourth-order valence-electron chi connectivity index (χ4n) is 0.757. The highest BCUT2D eigenvalue weighted by molar-refractivity contribution is 6.33. The molecular formula is C9H7ClN2O. The summed E-state index contributed by atoms with van der Waals surface area (Å²) in [6.45, 7) is 0. The van der Waals surface area contributed by atoms with Crippen LogP contribution in [0.1, 0.15) is 6.42 Å². The predicted octanol–water partition coefficient (Wildman–Crippen LogP) is 1.70. The van der Waals surface area contributed by atoms with Gasteiger partial charge in [-0.2, -0.15) is 0 Å². The molecule has 0 aliphatic heterocycles. The Hall–Kier alpha value is -1.53. The van der Waals surface area contributed by atoms with Gasteiger partial charge in [0.1, 0.15) is 0 Å². The third kappa shape index (κ3) is 2.77. The van der Waals surface area contributed by atoms with E-state index in [1.165, 1.54) is 6.20 Å². The number of terminal acetylenes is 1. The number of pyridine rings is 1. The second-order valence-electron chi connectivity index (χ2n) is 2.28. The summed E-state index contributed by atoms with van der Waals surface area (Å²) in [4.78, 5) is 14.8. The van der Waals surface area contributed by atoms with Gasteiger partial charge in [-0.05, 0) is 6.07 Å². The van der Waals surface area contributed by atoms with Crippen LogP contribution in [0.3, 0.4) is 0 Å². The summed E-state index contributed by atoms with van der Waals surface area (Å²) in [6, 6.07) is 1.59. The number of nitrogens with zero attached hydrogens (tertiary/aromatic N) is 1. The molecular weight excluding hydrogens is 188 g/mol. The zero-order valence-corrected chi connectivity index (χ0v) is 7.51. The van der Waals surface area contributed by atoms with Crippen LogP contribution >= 0.6 is 11.6 Å². The molecule has 0 bridgehead atoms. The van der Waals surface area contributed by atoms with Gasteiger partial charge in [0.25, 0.3) is 0 Å². The Bertz CT molecular complexity index is 357. The first-order valence-corrected chi connectivity index (χ1v) is 3.94. The van der Waals surface area contributed by atoms with Gasteiger partial charge in [0, 0.05) is 6.20 Å². The molecule has 0 radical (unpaired) electrons. The third-order valence-corrected chi connectivity index (χ3v) is 1.63. The summed E-state index contributed by atoms with van der Waals surface area (Å²) in [5.41, 5.74) is 0.476. The molecule has 13 heavy (non-hydrogen) atoms. The van der Waals surface area contributed by atoms with Crippen molar-refractivity contribution in [3.8, 4) is 12.3 Å². The fourth-order valence-corrected chi connectivity index (χ4v) is 0.909. The highest BCUT2D eigenvalue weighted by Gasteiger charge is 2.03. The summed E-state index contributed by atoms with van der Waals surface area (Å²) in [6.07, 6.45) is 8.00. The molecule has 0 aliphatic carbocycles. The number of nitrogens with one attached hydrogen (secondary N) is 1. The quantitative estimate of drug-likeness (QED) is 0.729. The fraction of sp³-hybridized carbons (Fsp3) is 0.111. The van der Waals surface area contributed by atoms with E-state index in [-0.39, 0.29) is 12.3 Å². The Morgan fingerprint density at radius 2 is 2.54 bits per heavy atom. The summed E-state index contributed by atoms with van der Waals surface area (Å²) >= 11 is 5.76. The van der Waals surface area contributed by atoms with Crippen molar-refractivity contribution in [2.24, 2.45) is 0 Å². The van der Waals surface area contributed by atoms with E-state index in [0.717, 1.165) is 0 Å². The van der Waals surface area contributed by atoms with E-state index in [2.05, 4.69) is 16.2 Å². The molecule has 1 aromatic rings. The molecule has 0 aromatic carbocycles. The molecule has 1 amide bonds. The zero-order valence-electron chi connectivity index (χ0n) is 6.75. The van der Waals surface area contributed by atoms with Crippen molar-refractivity contribution in [1.29, 1.82) is 0 Å². The maximum Gasteiger partial charge on any atom is 0.236 e. The number of rotatable bonds is 2. The van der Waals surface area contributed by atoms with E-state index in [1.54, 1.807) is 12.3 Å². The van der Waals surface area contributed by atoms with Crippen molar-refractivity contribution in [2.75, 3.05) is 5.32 Å². The topological polar surface area (TPSA) is 42.0 Å². The number of aromatic nitrogens is 1.